The zero-order valence-electron chi connectivity index (χ0n) is 17.1. The molecule has 0 aliphatic carbocycles. The van der Waals surface area contributed by atoms with E-state index in [4.69, 9.17) is 15.2 Å². The second kappa shape index (κ2) is 10.5. The van der Waals surface area contributed by atoms with E-state index < -0.39 is 5.97 Å². The van der Waals surface area contributed by atoms with Crippen LogP contribution >= 0.6 is 0 Å². The van der Waals surface area contributed by atoms with Gasteiger partial charge in [0.1, 0.15) is 12.4 Å². The van der Waals surface area contributed by atoms with E-state index in [0.717, 1.165) is 22.6 Å². The van der Waals surface area contributed by atoms with Crippen molar-refractivity contribution in [3.05, 3.63) is 84.2 Å². The fraction of sp³-hybridized carbons (Fsp3) is 0.130. The van der Waals surface area contributed by atoms with E-state index in [9.17, 15) is 4.79 Å². The predicted molar refractivity (Wildman–Crippen MR) is 120 cm³/mol. The molecule has 3 N–H and O–H groups in total. The average molecular weight is 417 g/mol. The first-order chi connectivity index (χ1) is 15.0. The zero-order valence-corrected chi connectivity index (χ0v) is 17.1. The summed E-state index contributed by atoms with van der Waals surface area (Å²) < 4.78 is 10.6. The van der Waals surface area contributed by atoms with Crippen molar-refractivity contribution in [2.45, 2.75) is 13.5 Å². The number of aryl methyl sites for hydroxylation is 1. The third-order valence-corrected chi connectivity index (χ3v) is 4.09. The molecule has 0 aliphatic heterocycles. The second-order valence-corrected chi connectivity index (χ2v) is 6.48. The monoisotopic (exact) mass is 417 g/mol. The SMILES string of the molecule is C=CCOc1ccc(/C=C/C(=O)OCc2nc(N)nc(Nc3ccccc3C)n2)cc1. The molecule has 1 aromatic heterocycles. The van der Waals surface area contributed by atoms with Gasteiger partial charge in [-0.15, -0.1) is 0 Å². The van der Waals surface area contributed by atoms with Gasteiger partial charge in [-0.05, 0) is 42.3 Å². The molecule has 1 heterocycles. The molecular weight excluding hydrogens is 394 g/mol. The quantitative estimate of drug-likeness (QED) is 0.307. The van der Waals surface area contributed by atoms with E-state index in [2.05, 4.69) is 26.8 Å². The van der Waals surface area contributed by atoms with Crippen molar-refractivity contribution in [3.8, 4) is 5.75 Å². The Bertz CT molecular complexity index is 1080. The molecule has 0 spiro atoms. The maximum atomic E-state index is 12.0. The molecule has 0 fully saturated rings. The van der Waals surface area contributed by atoms with Crippen molar-refractivity contribution in [1.82, 2.24) is 15.0 Å². The lowest BCUT2D eigenvalue weighted by atomic mass is 10.2. The zero-order chi connectivity index (χ0) is 22.1. The number of hydrogen-bond donors (Lipinski definition) is 2. The summed E-state index contributed by atoms with van der Waals surface area (Å²) in [6.45, 7) is 5.87. The standard InChI is InChI=1S/C23H23N5O3/c1-3-14-30-18-11-8-17(9-12-18)10-13-21(29)31-15-20-26-22(24)28-23(27-20)25-19-7-5-4-6-16(19)2/h3-13H,1,14-15H2,2H3,(H3,24,25,26,27,28)/b13-10+. The number of nitrogens with zero attached hydrogens (tertiary/aromatic N) is 3. The Morgan fingerprint density at radius 2 is 1.90 bits per heavy atom. The van der Waals surface area contributed by atoms with Crippen LogP contribution in [0.4, 0.5) is 17.6 Å². The van der Waals surface area contributed by atoms with Crippen LogP contribution in [0.3, 0.4) is 0 Å². The highest BCUT2D eigenvalue weighted by molar-refractivity contribution is 5.87. The first-order valence-corrected chi connectivity index (χ1v) is 9.55. The summed E-state index contributed by atoms with van der Waals surface area (Å²) in [7, 11) is 0. The van der Waals surface area contributed by atoms with E-state index in [0.29, 0.717) is 6.61 Å². The van der Waals surface area contributed by atoms with Crippen molar-refractivity contribution >= 4 is 29.6 Å². The molecule has 158 valence electrons. The number of rotatable bonds is 9. The van der Waals surface area contributed by atoms with Crippen LogP contribution < -0.4 is 15.8 Å². The van der Waals surface area contributed by atoms with Crippen LogP contribution in [0, 0.1) is 6.92 Å². The fourth-order valence-electron chi connectivity index (χ4n) is 2.57. The Morgan fingerprint density at radius 3 is 2.65 bits per heavy atom. The topological polar surface area (TPSA) is 112 Å². The Labute approximate surface area is 180 Å². The molecule has 0 saturated carbocycles. The van der Waals surface area contributed by atoms with Crippen LogP contribution in [-0.4, -0.2) is 27.5 Å². The van der Waals surface area contributed by atoms with Crippen LogP contribution in [0.25, 0.3) is 6.08 Å². The summed E-state index contributed by atoms with van der Waals surface area (Å²) in [5.74, 6) is 0.754. The van der Waals surface area contributed by atoms with Gasteiger partial charge in [0.25, 0.3) is 0 Å². The van der Waals surface area contributed by atoms with Crippen molar-refractivity contribution in [2.24, 2.45) is 0 Å². The summed E-state index contributed by atoms with van der Waals surface area (Å²) in [4.78, 5) is 24.4. The van der Waals surface area contributed by atoms with Gasteiger partial charge in [-0.25, -0.2) is 4.79 Å². The lowest BCUT2D eigenvalue weighted by molar-refractivity contribution is -0.139. The number of esters is 1. The Morgan fingerprint density at radius 1 is 1.13 bits per heavy atom. The molecule has 31 heavy (non-hydrogen) atoms. The molecule has 0 bridgehead atoms. The van der Waals surface area contributed by atoms with Gasteiger partial charge in [-0.3, -0.25) is 0 Å². The fourth-order valence-corrected chi connectivity index (χ4v) is 2.57. The summed E-state index contributed by atoms with van der Waals surface area (Å²) in [5, 5.41) is 3.09. The Balaban J connectivity index is 1.57. The van der Waals surface area contributed by atoms with Crippen LogP contribution in [0.2, 0.25) is 0 Å². The van der Waals surface area contributed by atoms with Gasteiger partial charge in [0.05, 0.1) is 0 Å². The number of anilines is 3. The van der Waals surface area contributed by atoms with Gasteiger partial charge >= 0.3 is 5.97 Å². The van der Waals surface area contributed by atoms with Crippen molar-refractivity contribution in [1.29, 1.82) is 0 Å². The number of nitrogens with one attached hydrogen (secondary N) is 1. The average Bonchev–Trinajstić information content (AvgIpc) is 2.77. The molecule has 2 aromatic carbocycles. The molecule has 0 radical (unpaired) electrons. The number of aromatic nitrogens is 3. The molecule has 0 saturated heterocycles. The number of para-hydroxylation sites is 1. The van der Waals surface area contributed by atoms with Crippen molar-refractivity contribution in [3.63, 3.8) is 0 Å². The molecule has 8 heteroatoms. The van der Waals surface area contributed by atoms with E-state index in [-0.39, 0.29) is 24.3 Å². The predicted octanol–water partition coefficient (Wildman–Crippen LogP) is 3.83. The van der Waals surface area contributed by atoms with Crippen LogP contribution in [-0.2, 0) is 16.1 Å². The molecule has 0 unspecified atom stereocenters. The second-order valence-electron chi connectivity index (χ2n) is 6.48. The maximum absolute atomic E-state index is 12.0. The smallest absolute Gasteiger partial charge is 0.331 e. The summed E-state index contributed by atoms with van der Waals surface area (Å²) >= 11 is 0. The van der Waals surface area contributed by atoms with Gasteiger partial charge in [-0.2, -0.15) is 15.0 Å². The first-order valence-electron chi connectivity index (χ1n) is 9.55. The van der Waals surface area contributed by atoms with E-state index in [1.165, 1.54) is 6.08 Å². The number of ether oxygens (including phenoxy) is 2. The molecule has 3 aromatic rings. The summed E-state index contributed by atoms with van der Waals surface area (Å²) in [5.41, 5.74) is 8.47. The number of nitrogen functional groups attached to an aromatic ring is 1. The van der Waals surface area contributed by atoms with Crippen LogP contribution in [0.1, 0.15) is 17.0 Å². The van der Waals surface area contributed by atoms with Gasteiger partial charge in [0.2, 0.25) is 11.9 Å². The third kappa shape index (κ3) is 6.67. The van der Waals surface area contributed by atoms with Gasteiger partial charge in [0, 0.05) is 11.8 Å². The number of nitrogens with two attached hydrogens (primary N) is 1. The molecular formula is C23H23N5O3. The highest BCUT2D eigenvalue weighted by atomic mass is 16.5. The Hall–Kier alpha value is -4.20. The Kier molecular flexibility index (Phi) is 7.31. The van der Waals surface area contributed by atoms with E-state index >= 15 is 0 Å². The minimum absolute atomic E-state index is 0.0337. The third-order valence-electron chi connectivity index (χ3n) is 4.09. The number of carbonyl (C=O) groups is 1. The van der Waals surface area contributed by atoms with Gasteiger partial charge in [0.15, 0.2) is 12.4 Å². The van der Waals surface area contributed by atoms with Crippen LogP contribution in [0.5, 0.6) is 5.75 Å². The number of carbonyl (C=O) groups excluding carboxylic acids is 1. The minimum atomic E-state index is -0.528. The van der Waals surface area contributed by atoms with Crippen LogP contribution in [0.15, 0.2) is 67.3 Å². The summed E-state index contributed by atoms with van der Waals surface area (Å²) in [6.07, 6.45) is 4.65. The number of benzene rings is 2. The molecule has 0 amide bonds. The molecule has 3 rings (SSSR count). The van der Waals surface area contributed by atoms with Gasteiger partial charge in [-0.1, -0.05) is 43.0 Å². The number of hydrogen-bond acceptors (Lipinski definition) is 8. The minimum Gasteiger partial charge on any atom is -0.490 e. The largest absolute Gasteiger partial charge is 0.490 e. The highest BCUT2D eigenvalue weighted by Crippen LogP contribution is 2.18. The highest BCUT2D eigenvalue weighted by Gasteiger charge is 2.08. The molecule has 0 aliphatic rings. The first kappa shape index (κ1) is 21.5. The summed E-state index contributed by atoms with van der Waals surface area (Å²) in [6, 6.07) is 15.0. The van der Waals surface area contributed by atoms with Crippen molar-refractivity contribution < 1.29 is 14.3 Å². The van der Waals surface area contributed by atoms with E-state index in [1.807, 2.05) is 55.5 Å². The maximum Gasteiger partial charge on any atom is 0.331 e. The lowest BCUT2D eigenvalue weighted by Gasteiger charge is -2.09. The lowest BCUT2D eigenvalue weighted by Crippen LogP contribution is -2.10. The molecule has 0 atom stereocenters. The van der Waals surface area contributed by atoms with Crippen molar-refractivity contribution in [2.75, 3.05) is 17.7 Å². The molecule has 8 nitrogen and oxygen atoms in total. The van der Waals surface area contributed by atoms with Gasteiger partial charge < -0.3 is 20.5 Å². The van der Waals surface area contributed by atoms with E-state index in [1.54, 1.807) is 12.2 Å². The normalized spacial score (nSPS) is 10.6.